The van der Waals surface area contributed by atoms with E-state index in [1.807, 2.05) is 6.92 Å². The number of hydrogen-bond donors (Lipinski definition) is 2. The molecular weight excluding hydrogens is 180 g/mol. The Labute approximate surface area is 81.1 Å². The van der Waals surface area contributed by atoms with Crippen molar-refractivity contribution in [2.24, 2.45) is 5.11 Å². The lowest BCUT2D eigenvalue weighted by Crippen LogP contribution is -1.87. The van der Waals surface area contributed by atoms with Crippen LogP contribution in [0, 0.1) is 18.8 Å². The second-order valence-corrected chi connectivity index (χ2v) is 2.62. The van der Waals surface area contributed by atoms with Crippen LogP contribution < -0.4 is 5.73 Å². The monoisotopic (exact) mass is 190 g/mol. The van der Waals surface area contributed by atoms with Gasteiger partial charge in [-0.15, -0.1) is 0 Å². The summed E-state index contributed by atoms with van der Waals surface area (Å²) in [6.45, 7) is 2.22. The number of nitrogens with two attached hydrogens (primary N) is 1. The zero-order chi connectivity index (χ0) is 10.4. The summed E-state index contributed by atoms with van der Waals surface area (Å²) >= 11 is 0. The van der Waals surface area contributed by atoms with Gasteiger partial charge in [-0.1, -0.05) is 17.0 Å². The second kappa shape index (κ2) is 4.80. The van der Waals surface area contributed by atoms with Crippen molar-refractivity contribution >= 4 is 5.82 Å². The van der Waals surface area contributed by atoms with E-state index in [2.05, 4.69) is 32.1 Å². The highest BCUT2D eigenvalue weighted by Gasteiger charge is 2.01. The molecule has 0 aliphatic rings. The molecule has 0 radical (unpaired) electrons. The summed E-state index contributed by atoms with van der Waals surface area (Å²) in [6.07, 6.45) is 0.522. The molecule has 0 fully saturated rings. The van der Waals surface area contributed by atoms with Crippen LogP contribution in [0.3, 0.4) is 0 Å². The number of H-pyrrole nitrogens is 1. The molecule has 0 aliphatic heterocycles. The summed E-state index contributed by atoms with van der Waals surface area (Å²) in [4.78, 5) is 2.62. The number of aromatic amines is 1. The van der Waals surface area contributed by atoms with E-state index in [1.165, 1.54) is 0 Å². The first-order valence-corrected chi connectivity index (χ1v) is 4.06. The van der Waals surface area contributed by atoms with Crippen molar-refractivity contribution in [1.82, 2.24) is 10.2 Å². The number of hydrogen-bond acceptors (Lipinski definition) is 3. The molecule has 14 heavy (non-hydrogen) atoms. The summed E-state index contributed by atoms with van der Waals surface area (Å²) in [6, 6.07) is 0. The molecule has 72 valence electrons. The van der Waals surface area contributed by atoms with Crippen LogP contribution in [0.15, 0.2) is 5.11 Å². The number of nitrogen functional groups attached to an aromatic ring is 1. The fourth-order valence-electron chi connectivity index (χ4n) is 0.907. The number of anilines is 1. The van der Waals surface area contributed by atoms with Crippen molar-refractivity contribution < 1.29 is 0 Å². The summed E-state index contributed by atoms with van der Waals surface area (Å²) < 4.78 is 0. The van der Waals surface area contributed by atoms with Crippen LogP contribution in [-0.4, -0.2) is 16.7 Å². The Morgan fingerprint density at radius 3 is 3.07 bits per heavy atom. The minimum Gasteiger partial charge on any atom is -0.381 e. The van der Waals surface area contributed by atoms with Crippen LogP contribution in [0.1, 0.15) is 17.7 Å². The van der Waals surface area contributed by atoms with Gasteiger partial charge in [0, 0.05) is 23.6 Å². The average molecular weight is 190 g/mol. The standard InChI is InChI=1S/C8H10N6/c1-6-7(8(9)13-12-6)4-2-3-5-11-14-10/h3,5H2,1H3,(H3,9,12,13). The second-order valence-electron chi connectivity index (χ2n) is 2.62. The molecule has 1 aromatic rings. The Balaban J connectivity index is 2.63. The number of aryl methyl sites for hydroxylation is 1. The van der Waals surface area contributed by atoms with Crippen LogP contribution in [0.4, 0.5) is 5.82 Å². The van der Waals surface area contributed by atoms with E-state index in [4.69, 9.17) is 11.3 Å². The van der Waals surface area contributed by atoms with E-state index in [0.717, 1.165) is 5.69 Å². The normalized spacial score (nSPS) is 8.64. The zero-order valence-electron chi connectivity index (χ0n) is 7.78. The molecule has 0 saturated heterocycles. The minimum absolute atomic E-state index is 0.375. The average Bonchev–Trinajstić information content (AvgIpc) is 2.48. The first kappa shape index (κ1) is 9.96. The van der Waals surface area contributed by atoms with Gasteiger partial charge < -0.3 is 5.73 Å². The highest BCUT2D eigenvalue weighted by Crippen LogP contribution is 2.09. The Morgan fingerprint density at radius 1 is 1.71 bits per heavy atom. The zero-order valence-corrected chi connectivity index (χ0v) is 7.78. The Kier molecular flexibility index (Phi) is 3.41. The van der Waals surface area contributed by atoms with Crippen LogP contribution in [0.25, 0.3) is 10.4 Å². The van der Waals surface area contributed by atoms with Gasteiger partial charge in [0.15, 0.2) is 5.82 Å². The predicted octanol–water partition coefficient (Wildman–Crippen LogP) is 1.35. The molecule has 0 atom stereocenters. The molecule has 1 rings (SSSR count). The molecule has 0 unspecified atom stereocenters. The predicted molar refractivity (Wildman–Crippen MR) is 53.2 cm³/mol. The molecule has 0 aromatic carbocycles. The largest absolute Gasteiger partial charge is 0.381 e. The van der Waals surface area contributed by atoms with Crippen molar-refractivity contribution in [3.8, 4) is 11.8 Å². The minimum atomic E-state index is 0.375. The van der Waals surface area contributed by atoms with E-state index < -0.39 is 0 Å². The van der Waals surface area contributed by atoms with Crippen molar-refractivity contribution in [2.45, 2.75) is 13.3 Å². The molecule has 0 saturated carbocycles. The molecule has 6 nitrogen and oxygen atoms in total. The lowest BCUT2D eigenvalue weighted by atomic mass is 10.2. The lowest BCUT2D eigenvalue weighted by molar-refractivity contribution is 1.01. The van der Waals surface area contributed by atoms with Gasteiger partial charge in [0.25, 0.3) is 0 Å². The maximum absolute atomic E-state index is 8.01. The molecule has 0 bridgehead atoms. The van der Waals surface area contributed by atoms with Crippen LogP contribution in [0.5, 0.6) is 0 Å². The van der Waals surface area contributed by atoms with Crippen LogP contribution >= 0.6 is 0 Å². The fraction of sp³-hybridized carbons (Fsp3) is 0.375. The van der Waals surface area contributed by atoms with Gasteiger partial charge in [0.05, 0.1) is 5.56 Å². The molecular formula is C8H10N6. The van der Waals surface area contributed by atoms with Gasteiger partial charge in [-0.2, -0.15) is 5.10 Å². The molecule has 6 heteroatoms. The van der Waals surface area contributed by atoms with Gasteiger partial charge >= 0.3 is 0 Å². The van der Waals surface area contributed by atoms with E-state index >= 15 is 0 Å². The SMILES string of the molecule is Cc1[nH]nc(N)c1C#CCCN=[N+]=[N-]. The fourth-order valence-corrected chi connectivity index (χ4v) is 0.907. The Bertz CT molecular complexity index is 395. The summed E-state index contributed by atoms with van der Waals surface area (Å²) in [5.74, 6) is 6.12. The van der Waals surface area contributed by atoms with Gasteiger partial charge in [0.1, 0.15) is 0 Å². The first-order valence-electron chi connectivity index (χ1n) is 4.06. The number of aromatic nitrogens is 2. The highest BCUT2D eigenvalue weighted by molar-refractivity contribution is 5.52. The third-order valence-electron chi connectivity index (χ3n) is 1.59. The van der Waals surface area contributed by atoms with Crippen molar-refractivity contribution in [1.29, 1.82) is 0 Å². The van der Waals surface area contributed by atoms with E-state index in [-0.39, 0.29) is 0 Å². The smallest absolute Gasteiger partial charge is 0.161 e. The van der Waals surface area contributed by atoms with Gasteiger partial charge in [-0.05, 0) is 12.5 Å². The third kappa shape index (κ3) is 2.44. The number of rotatable bonds is 2. The quantitative estimate of drug-likeness (QED) is 0.241. The first-order chi connectivity index (χ1) is 6.75. The van der Waals surface area contributed by atoms with E-state index in [9.17, 15) is 0 Å². The van der Waals surface area contributed by atoms with Crippen molar-refractivity contribution in [3.63, 3.8) is 0 Å². The Morgan fingerprint density at radius 2 is 2.50 bits per heavy atom. The summed E-state index contributed by atoms with van der Waals surface area (Å²) in [5.41, 5.74) is 15.1. The van der Waals surface area contributed by atoms with Gasteiger partial charge in [-0.3, -0.25) is 5.10 Å². The number of nitrogens with one attached hydrogen (secondary N) is 1. The molecule has 1 aromatic heterocycles. The molecule has 3 N–H and O–H groups in total. The maximum Gasteiger partial charge on any atom is 0.161 e. The Hall–Kier alpha value is -2.12. The molecule has 1 heterocycles. The van der Waals surface area contributed by atoms with Gasteiger partial charge in [0.2, 0.25) is 0 Å². The number of nitrogens with zero attached hydrogens (tertiary/aromatic N) is 4. The van der Waals surface area contributed by atoms with Crippen molar-refractivity contribution in [3.05, 3.63) is 21.7 Å². The molecule has 0 aliphatic carbocycles. The van der Waals surface area contributed by atoms with Crippen LogP contribution in [0.2, 0.25) is 0 Å². The maximum atomic E-state index is 8.01. The van der Waals surface area contributed by atoms with Crippen LogP contribution in [-0.2, 0) is 0 Å². The molecule has 0 spiro atoms. The van der Waals surface area contributed by atoms with Crippen molar-refractivity contribution in [2.75, 3.05) is 12.3 Å². The summed E-state index contributed by atoms with van der Waals surface area (Å²) in [5, 5.41) is 9.89. The lowest BCUT2D eigenvalue weighted by Gasteiger charge is -1.86. The summed E-state index contributed by atoms with van der Waals surface area (Å²) in [7, 11) is 0. The topological polar surface area (TPSA) is 103 Å². The highest BCUT2D eigenvalue weighted by atomic mass is 15.2. The van der Waals surface area contributed by atoms with E-state index in [1.54, 1.807) is 0 Å². The third-order valence-corrected chi connectivity index (χ3v) is 1.59. The van der Waals surface area contributed by atoms with Gasteiger partial charge in [-0.25, -0.2) is 0 Å². The number of azide groups is 1. The molecule has 0 amide bonds. The van der Waals surface area contributed by atoms with E-state index in [0.29, 0.717) is 24.3 Å².